The molecule has 0 spiro atoms. The highest BCUT2D eigenvalue weighted by atomic mass is 14.9. The number of allylic oxidation sites excluding steroid dienone is 8. The zero-order valence-corrected chi connectivity index (χ0v) is 21.3. The Morgan fingerprint density at radius 1 is 1.27 bits per heavy atom. The van der Waals surface area contributed by atoms with E-state index in [0.717, 1.165) is 36.3 Å². The van der Waals surface area contributed by atoms with E-state index in [2.05, 4.69) is 75.2 Å². The normalized spacial score (nSPS) is 35.5. The lowest BCUT2D eigenvalue weighted by atomic mass is 9.60. The second kappa shape index (κ2) is 10.7. The quantitative estimate of drug-likeness (QED) is 0.330. The van der Waals surface area contributed by atoms with E-state index >= 15 is 0 Å². The number of nitrogens with two attached hydrogens (primary N) is 1. The summed E-state index contributed by atoms with van der Waals surface area (Å²) in [5.74, 6) is 3.32. The van der Waals surface area contributed by atoms with Crippen LogP contribution in [0.4, 0.5) is 0 Å². The molecule has 0 bridgehead atoms. The Kier molecular flexibility index (Phi) is 7.97. The van der Waals surface area contributed by atoms with Crippen molar-refractivity contribution in [1.29, 1.82) is 0 Å². The Bertz CT molecular complexity index is 869. The summed E-state index contributed by atoms with van der Waals surface area (Å²) in [6.45, 7) is 14.2. The summed E-state index contributed by atoms with van der Waals surface area (Å²) in [7, 11) is 0. The lowest BCUT2D eigenvalue weighted by Crippen LogP contribution is -2.37. The molecule has 3 N–H and O–H groups in total. The van der Waals surface area contributed by atoms with Gasteiger partial charge < -0.3 is 11.1 Å². The van der Waals surface area contributed by atoms with Crippen molar-refractivity contribution in [3.05, 3.63) is 71.4 Å². The van der Waals surface area contributed by atoms with Crippen molar-refractivity contribution < 1.29 is 0 Å². The molecule has 2 heteroatoms. The highest BCUT2D eigenvalue weighted by Crippen LogP contribution is 2.61. The summed E-state index contributed by atoms with van der Waals surface area (Å²) in [6, 6.07) is 0. The molecule has 0 aromatic carbocycles. The van der Waals surface area contributed by atoms with Crippen molar-refractivity contribution in [2.45, 2.75) is 65.7 Å². The lowest BCUT2D eigenvalue weighted by Gasteiger charge is -2.45. The third-order valence-electron chi connectivity index (χ3n) is 9.09. The molecular formula is C31H46N2. The SMILES string of the molecule is C=C(/C=C(\C=C/C(C)/C=C\CC)C1CCC2C3CCC4CNCCC4=CC3=CCC12C)CN. The number of fused-ring (bicyclic) bond motifs is 4. The zero-order chi connectivity index (χ0) is 23.4. The van der Waals surface area contributed by atoms with E-state index in [0.29, 0.717) is 23.8 Å². The van der Waals surface area contributed by atoms with Gasteiger partial charge in [-0.25, -0.2) is 0 Å². The van der Waals surface area contributed by atoms with E-state index in [-0.39, 0.29) is 0 Å². The molecule has 6 atom stereocenters. The number of piperidine rings is 1. The molecule has 3 aliphatic carbocycles. The van der Waals surface area contributed by atoms with Gasteiger partial charge in [0.1, 0.15) is 0 Å². The molecule has 0 amide bonds. The molecule has 0 aromatic heterocycles. The molecule has 0 radical (unpaired) electrons. The van der Waals surface area contributed by atoms with Crippen LogP contribution in [-0.4, -0.2) is 19.6 Å². The van der Waals surface area contributed by atoms with E-state index in [1.165, 1.54) is 50.6 Å². The summed E-state index contributed by atoms with van der Waals surface area (Å²) in [4.78, 5) is 0. The van der Waals surface area contributed by atoms with Gasteiger partial charge in [-0.2, -0.15) is 0 Å². The van der Waals surface area contributed by atoms with Crippen molar-refractivity contribution >= 4 is 0 Å². The average Bonchev–Trinajstić information content (AvgIpc) is 3.05. The maximum absolute atomic E-state index is 5.97. The topological polar surface area (TPSA) is 38.0 Å². The van der Waals surface area contributed by atoms with E-state index < -0.39 is 0 Å². The highest BCUT2D eigenvalue weighted by Gasteiger charge is 2.52. The fourth-order valence-electron chi connectivity index (χ4n) is 7.17. The first kappa shape index (κ1) is 24.5. The average molecular weight is 447 g/mol. The molecular weight excluding hydrogens is 400 g/mol. The van der Waals surface area contributed by atoms with Crippen LogP contribution in [0.25, 0.3) is 0 Å². The molecule has 2 fully saturated rings. The Labute approximate surface area is 202 Å². The molecule has 1 heterocycles. The van der Waals surface area contributed by atoms with Crippen LogP contribution in [0.2, 0.25) is 0 Å². The molecule has 4 rings (SSSR count). The van der Waals surface area contributed by atoms with Crippen LogP contribution in [0.3, 0.4) is 0 Å². The highest BCUT2D eigenvalue weighted by molar-refractivity contribution is 5.39. The standard InChI is InChI=1S/C31H46N2/c1-5-6-7-22(2)8-9-26(18-23(3)20-32)29-12-13-30-28-11-10-27-21-33-17-15-24(27)19-25(28)14-16-31(29,30)4/h6-9,14,18-19,22,27-30,33H,3,5,10-13,15-17,20-21,32H2,1-2,4H3/b7-6-,9-8-,26-18+. The number of hydrogen-bond acceptors (Lipinski definition) is 2. The molecule has 1 saturated carbocycles. The lowest BCUT2D eigenvalue weighted by molar-refractivity contribution is 0.123. The summed E-state index contributed by atoms with van der Waals surface area (Å²) in [5, 5.41) is 3.63. The minimum absolute atomic E-state index is 0.327. The van der Waals surface area contributed by atoms with Gasteiger partial charge in [-0.1, -0.05) is 75.5 Å². The van der Waals surface area contributed by atoms with Crippen molar-refractivity contribution in [2.24, 2.45) is 40.7 Å². The van der Waals surface area contributed by atoms with Gasteiger partial charge in [-0.3, -0.25) is 0 Å². The first-order valence-electron chi connectivity index (χ1n) is 13.5. The van der Waals surface area contributed by atoms with Crippen LogP contribution in [0.15, 0.2) is 71.4 Å². The van der Waals surface area contributed by atoms with Crippen LogP contribution in [0.5, 0.6) is 0 Å². The van der Waals surface area contributed by atoms with Gasteiger partial charge in [-0.05, 0) is 103 Å². The van der Waals surface area contributed by atoms with E-state index in [1.54, 1.807) is 11.1 Å². The Balaban J connectivity index is 1.60. The molecule has 1 aliphatic heterocycles. The molecule has 2 nitrogen and oxygen atoms in total. The van der Waals surface area contributed by atoms with Gasteiger partial charge in [0.05, 0.1) is 0 Å². The predicted octanol–water partition coefficient (Wildman–Crippen LogP) is 6.89. The molecule has 1 saturated heterocycles. The minimum atomic E-state index is 0.327. The number of nitrogens with one attached hydrogen (secondary N) is 1. The van der Waals surface area contributed by atoms with Crippen LogP contribution in [0, 0.1) is 35.0 Å². The Morgan fingerprint density at radius 3 is 2.91 bits per heavy atom. The predicted molar refractivity (Wildman–Crippen MR) is 143 cm³/mol. The fourth-order valence-corrected chi connectivity index (χ4v) is 7.17. The van der Waals surface area contributed by atoms with Crippen LogP contribution in [-0.2, 0) is 0 Å². The van der Waals surface area contributed by atoms with Gasteiger partial charge in [0.25, 0.3) is 0 Å². The monoisotopic (exact) mass is 446 g/mol. The third-order valence-corrected chi connectivity index (χ3v) is 9.09. The van der Waals surface area contributed by atoms with Gasteiger partial charge in [0, 0.05) is 13.1 Å². The van der Waals surface area contributed by atoms with Crippen LogP contribution < -0.4 is 11.1 Å². The minimum Gasteiger partial charge on any atom is -0.327 e. The largest absolute Gasteiger partial charge is 0.327 e. The van der Waals surface area contributed by atoms with Crippen LogP contribution >= 0.6 is 0 Å². The van der Waals surface area contributed by atoms with E-state index in [9.17, 15) is 0 Å². The van der Waals surface area contributed by atoms with E-state index in [1.807, 2.05) is 0 Å². The molecule has 33 heavy (non-hydrogen) atoms. The van der Waals surface area contributed by atoms with Crippen molar-refractivity contribution in [1.82, 2.24) is 5.32 Å². The second-order valence-corrected chi connectivity index (χ2v) is 11.3. The summed E-state index contributed by atoms with van der Waals surface area (Å²) in [5.41, 5.74) is 12.2. The molecule has 0 aromatic rings. The number of hydrogen-bond donors (Lipinski definition) is 2. The maximum atomic E-state index is 5.97. The number of rotatable bonds is 7. The van der Waals surface area contributed by atoms with Gasteiger partial charge >= 0.3 is 0 Å². The maximum Gasteiger partial charge on any atom is 0.0172 e. The Morgan fingerprint density at radius 2 is 2.12 bits per heavy atom. The van der Waals surface area contributed by atoms with Crippen molar-refractivity contribution in [2.75, 3.05) is 19.6 Å². The van der Waals surface area contributed by atoms with Crippen LogP contribution in [0.1, 0.15) is 65.7 Å². The second-order valence-electron chi connectivity index (χ2n) is 11.3. The first-order chi connectivity index (χ1) is 16.0. The third kappa shape index (κ3) is 5.23. The smallest absolute Gasteiger partial charge is 0.0172 e. The molecule has 4 aliphatic rings. The summed E-state index contributed by atoms with van der Waals surface area (Å²) in [6.07, 6.45) is 25.8. The van der Waals surface area contributed by atoms with Gasteiger partial charge in [0.2, 0.25) is 0 Å². The molecule has 6 unspecified atom stereocenters. The van der Waals surface area contributed by atoms with Gasteiger partial charge in [-0.15, -0.1) is 0 Å². The summed E-state index contributed by atoms with van der Waals surface area (Å²) >= 11 is 0. The van der Waals surface area contributed by atoms with Gasteiger partial charge in [0.15, 0.2) is 0 Å². The Hall–Kier alpha value is -1.64. The fraction of sp³-hybridized carbons (Fsp3) is 0.613. The van der Waals surface area contributed by atoms with E-state index in [4.69, 9.17) is 5.73 Å². The zero-order valence-electron chi connectivity index (χ0n) is 21.3. The first-order valence-corrected chi connectivity index (χ1v) is 13.5. The summed E-state index contributed by atoms with van der Waals surface area (Å²) < 4.78 is 0. The van der Waals surface area contributed by atoms with Crippen molar-refractivity contribution in [3.8, 4) is 0 Å². The molecule has 180 valence electrons. The van der Waals surface area contributed by atoms with Crippen molar-refractivity contribution in [3.63, 3.8) is 0 Å².